The third-order valence-corrected chi connectivity index (χ3v) is 3.04. The molecule has 0 saturated heterocycles. The number of aryl methyl sites for hydroxylation is 2. The molecule has 0 atom stereocenters. The first-order chi connectivity index (χ1) is 9.02. The Labute approximate surface area is 112 Å². The van der Waals surface area contributed by atoms with E-state index in [-0.39, 0.29) is 5.69 Å². The number of esters is 1. The van der Waals surface area contributed by atoms with Crippen LogP contribution in [0.4, 0.5) is 5.82 Å². The van der Waals surface area contributed by atoms with E-state index in [1.807, 2.05) is 38.1 Å². The molecule has 0 aliphatic heterocycles. The standard InChI is InChI=1S/C14H17N3O2/c1-9-4-6-11(7-5-9)8-17-10(2)16-12(13(17)15)14(18)19-3/h4-7H,8,15H2,1-3H3. The number of hydrogen-bond donors (Lipinski definition) is 1. The number of imidazole rings is 1. The van der Waals surface area contributed by atoms with Crippen molar-refractivity contribution >= 4 is 11.8 Å². The molecule has 0 amide bonds. The fraction of sp³-hybridized carbons (Fsp3) is 0.286. The summed E-state index contributed by atoms with van der Waals surface area (Å²) in [4.78, 5) is 15.7. The average molecular weight is 259 g/mol. The molecule has 0 fully saturated rings. The first kappa shape index (κ1) is 13.1. The summed E-state index contributed by atoms with van der Waals surface area (Å²) in [7, 11) is 1.32. The van der Waals surface area contributed by atoms with Crippen LogP contribution in [-0.2, 0) is 11.3 Å². The molecule has 5 nitrogen and oxygen atoms in total. The molecule has 1 aromatic heterocycles. The largest absolute Gasteiger partial charge is 0.464 e. The van der Waals surface area contributed by atoms with E-state index in [0.29, 0.717) is 18.2 Å². The van der Waals surface area contributed by atoms with Gasteiger partial charge in [0.05, 0.1) is 13.7 Å². The van der Waals surface area contributed by atoms with E-state index in [0.717, 1.165) is 5.56 Å². The maximum atomic E-state index is 11.5. The zero-order valence-electron chi connectivity index (χ0n) is 11.3. The van der Waals surface area contributed by atoms with Crippen LogP contribution >= 0.6 is 0 Å². The monoisotopic (exact) mass is 259 g/mol. The van der Waals surface area contributed by atoms with Gasteiger partial charge in [0.2, 0.25) is 0 Å². The van der Waals surface area contributed by atoms with Crippen LogP contribution < -0.4 is 5.73 Å². The highest BCUT2D eigenvalue weighted by molar-refractivity contribution is 5.92. The lowest BCUT2D eigenvalue weighted by molar-refractivity contribution is 0.0595. The molecule has 1 aromatic carbocycles. The third-order valence-electron chi connectivity index (χ3n) is 3.04. The maximum absolute atomic E-state index is 11.5. The minimum atomic E-state index is -0.511. The van der Waals surface area contributed by atoms with Gasteiger partial charge in [0, 0.05) is 0 Å². The molecular formula is C14H17N3O2. The molecular weight excluding hydrogens is 242 g/mol. The van der Waals surface area contributed by atoms with Crippen LogP contribution in [0.2, 0.25) is 0 Å². The Morgan fingerprint density at radius 3 is 2.53 bits per heavy atom. The number of nitrogen functional groups attached to an aromatic ring is 1. The van der Waals surface area contributed by atoms with Gasteiger partial charge in [-0.05, 0) is 19.4 Å². The second kappa shape index (κ2) is 5.14. The third kappa shape index (κ3) is 2.59. The van der Waals surface area contributed by atoms with Gasteiger partial charge in [-0.1, -0.05) is 29.8 Å². The van der Waals surface area contributed by atoms with E-state index < -0.39 is 5.97 Å². The number of methoxy groups -OCH3 is 1. The van der Waals surface area contributed by atoms with Gasteiger partial charge in [0.25, 0.3) is 0 Å². The molecule has 5 heteroatoms. The molecule has 0 unspecified atom stereocenters. The predicted molar refractivity (Wildman–Crippen MR) is 73.0 cm³/mol. The van der Waals surface area contributed by atoms with E-state index in [1.165, 1.54) is 12.7 Å². The summed E-state index contributed by atoms with van der Waals surface area (Å²) < 4.78 is 6.46. The highest BCUT2D eigenvalue weighted by atomic mass is 16.5. The number of benzene rings is 1. The molecule has 0 saturated carbocycles. The van der Waals surface area contributed by atoms with E-state index in [2.05, 4.69) is 9.72 Å². The van der Waals surface area contributed by atoms with Crippen molar-refractivity contribution in [3.05, 3.63) is 46.9 Å². The van der Waals surface area contributed by atoms with Crippen LogP contribution in [0, 0.1) is 13.8 Å². The molecule has 0 bridgehead atoms. The van der Waals surface area contributed by atoms with Crippen LogP contribution in [0.15, 0.2) is 24.3 Å². The normalized spacial score (nSPS) is 10.5. The highest BCUT2D eigenvalue weighted by Gasteiger charge is 2.18. The number of ether oxygens (including phenoxy) is 1. The lowest BCUT2D eigenvalue weighted by Gasteiger charge is -2.08. The maximum Gasteiger partial charge on any atom is 0.360 e. The number of hydrogen-bond acceptors (Lipinski definition) is 4. The molecule has 1 heterocycles. The molecule has 0 aliphatic rings. The Kier molecular flexibility index (Phi) is 3.55. The molecule has 100 valence electrons. The number of aromatic nitrogens is 2. The minimum absolute atomic E-state index is 0.173. The fourth-order valence-corrected chi connectivity index (χ4v) is 1.90. The lowest BCUT2D eigenvalue weighted by atomic mass is 10.1. The Hall–Kier alpha value is -2.30. The second-order valence-corrected chi connectivity index (χ2v) is 4.46. The molecule has 0 radical (unpaired) electrons. The first-order valence-electron chi connectivity index (χ1n) is 5.99. The fourth-order valence-electron chi connectivity index (χ4n) is 1.90. The van der Waals surface area contributed by atoms with Gasteiger partial charge < -0.3 is 15.0 Å². The van der Waals surface area contributed by atoms with Crippen molar-refractivity contribution in [3.8, 4) is 0 Å². The van der Waals surface area contributed by atoms with Crippen molar-refractivity contribution < 1.29 is 9.53 Å². The Balaban J connectivity index is 2.33. The zero-order valence-corrected chi connectivity index (χ0v) is 11.3. The molecule has 19 heavy (non-hydrogen) atoms. The van der Waals surface area contributed by atoms with Crippen LogP contribution in [0.3, 0.4) is 0 Å². The number of nitrogens with two attached hydrogens (primary N) is 1. The van der Waals surface area contributed by atoms with Gasteiger partial charge in [0.1, 0.15) is 11.6 Å². The Morgan fingerprint density at radius 2 is 1.95 bits per heavy atom. The van der Waals surface area contributed by atoms with Gasteiger partial charge in [-0.15, -0.1) is 0 Å². The molecule has 0 spiro atoms. The smallest absolute Gasteiger partial charge is 0.360 e. The summed E-state index contributed by atoms with van der Waals surface area (Å²) in [5.74, 6) is 0.520. The van der Waals surface area contributed by atoms with Crippen molar-refractivity contribution in [2.45, 2.75) is 20.4 Å². The van der Waals surface area contributed by atoms with Crippen molar-refractivity contribution in [2.75, 3.05) is 12.8 Å². The van der Waals surface area contributed by atoms with E-state index in [1.54, 1.807) is 4.57 Å². The molecule has 0 aliphatic carbocycles. The van der Waals surface area contributed by atoms with Crippen molar-refractivity contribution in [2.24, 2.45) is 0 Å². The summed E-state index contributed by atoms with van der Waals surface area (Å²) in [6.45, 7) is 4.44. The number of carbonyl (C=O) groups is 1. The Morgan fingerprint density at radius 1 is 1.32 bits per heavy atom. The van der Waals surface area contributed by atoms with E-state index in [9.17, 15) is 4.79 Å². The topological polar surface area (TPSA) is 70.1 Å². The first-order valence-corrected chi connectivity index (χ1v) is 5.99. The quantitative estimate of drug-likeness (QED) is 0.855. The average Bonchev–Trinajstić information content (AvgIpc) is 2.68. The molecule has 2 aromatic rings. The van der Waals surface area contributed by atoms with Gasteiger partial charge in [-0.3, -0.25) is 0 Å². The molecule has 2 N–H and O–H groups in total. The van der Waals surface area contributed by atoms with Crippen LogP contribution in [0.25, 0.3) is 0 Å². The second-order valence-electron chi connectivity index (χ2n) is 4.46. The highest BCUT2D eigenvalue weighted by Crippen LogP contribution is 2.17. The lowest BCUT2D eigenvalue weighted by Crippen LogP contribution is -2.09. The summed E-state index contributed by atoms with van der Waals surface area (Å²) in [6, 6.07) is 8.15. The summed E-state index contributed by atoms with van der Waals surface area (Å²) >= 11 is 0. The van der Waals surface area contributed by atoms with E-state index in [4.69, 9.17) is 5.73 Å². The van der Waals surface area contributed by atoms with Gasteiger partial charge in [-0.2, -0.15) is 0 Å². The molecule has 2 rings (SSSR count). The number of carbonyl (C=O) groups excluding carboxylic acids is 1. The predicted octanol–water partition coefficient (Wildman–Crippen LogP) is 1.92. The van der Waals surface area contributed by atoms with Gasteiger partial charge in [-0.25, -0.2) is 9.78 Å². The van der Waals surface area contributed by atoms with E-state index >= 15 is 0 Å². The van der Waals surface area contributed by atoms with Crippen LogP contribution in [0.1, 0.15) is 27.4 Å². The van der Waals surface area contributed by atoms with Crippen molar-refractivity contribution in [3.63, 3.8) is 0 Å². The number of rotatable bonds is 3. The number of anilines is 1. The van der Waals surface area contributed by atoms with Gasteiger partial charge in [0.15, 0.2) is 5.69 Å². The van der Waals surface area contributed by atoms with Crippen LogP contribution in [0.5, 0.6) is 0 Å². The summed E-state index contributed by atoms with van der Waals surface area (Å²) in [5.41, 5.74) is 8.44. The summed E-state index contributed by atoms with van der Waals surface area (Å²) in [6.07, 6.45) is 0. The SMILES string of the molecule is COC(=O)c1nc(C)n(Cc2ccc(C)cc2)c1N. The Bertz CT molecular complexity index is 600. The zero-order chi connectivity index (χ0) is 14.0. The minimum Gasteiger partial charge on any atom is -0.464 e. The number of nitrogens with zero attached hydrogens (tertiary/aromatic N) is 2. The summed E-state index contributed by atoms with van der Waals surface area (Å²) in [5, 5.41) is 0. The van der Waals surface area contributed by atoms with Crippen LogP contribution in [-0.4, -0.2) is 22.6 Å². The van der Waals surface area contributed by atoms with Crippen molar-refractivity contribution in [1.82, 2.24) is 9.55 Å². The van der Waals surface area contributed by atoms with Gasteiger partial charge >= 0.3 is 5.97 Å². The van der Waals surface area contributed by atoms with Crippen molar-refractivity contribution in [1.29, 1.82) is 0 Å².